The molecule has 1 rings (SSSR count). The number of hydrogen-bond donors (Lipinski definition) is 1. The van der Waals surface area contributed by atoms with Gasteiger partial charge in [-0.2, -0.15) is 0 Å². The quantitative estimate of drug-likeness (QED) is 0.663. The fourth-order valence-electron chi connectivity index (χ4n) is 2.06. The lowest BCUT2D eigenvalue weighted by atomic mass is 10.1. The lowest BCUT2D eigenvalue weighted by molar-refractivity contribution is -0.148. The third-order valence-electron chi connectivity index (χ3n) is 3.47. The summed E-state index contributed by atoms with van der Waals surface area (Å²) >= 11 is 0. The predicted octanol–water partition coefficient (Wildman–Crippen LogP) is 2.34. The highest BCUT2D eigenvalue weighted by atomic mass is 16.5. The van der Waals surface area contributed by atoms with Crippen molar-refractivity contribution in [2.75, 3.05) is 27.4 Å². The molecule has 0 aliphatic rings. The molecule has 6 heteroatoms. The first kappa shape index (κ1) is 19.8. The summed E-state index contributed by atoms with van der Waals surface area (Å²) in [4.78, 5) is 23.1. The zero-order chi connectivity index (χ0) is 17.9. The lowest BCUT2D eigenvalue weighted by Gasteiger charge is -2.10. The van der Waals surface area contributed by atoms with Gasteiger partial charge in [-0.3, -0.25) is 9.59 Å². The SMILES string of the molecule is COc1ccc(CCNC(=O)COC(=O)CCC(C)C)cc1OC. The number of rotatable bonds is 10. The number of ether oxygens (including phenoxy) is 3. The minimum absolute atomic E-state index is 0.233. The van der Waals surface area contributed by atoms with E-state index in [2.05, 4.69) is 5.32 Å². The number of carbonyl (C=O) groups is 2. The number of nitrogens with one attached hydrogen (secondary N) is 1. The Kier molecular flexibility index (Phi) is 8.68. The molecule has 0 bridgehead atoms. The summed E-state index contributed by atoms with van der Waals surface area (Å²) in [6, 6.07) is 5.61. The van der Waals surface area contributed by atoms with Crippen LogP contribution in [-0.4, -0.2) is 39.2 Å². The third kappa shape index (κ3) is 7.35. The molecule has 0 radical (unpaired) electrons. The summed E-state index contributed by atoms with van der Waals surface area (Å²) in [5.41, 5.74) is 1.02. The van der Waals surface area contributed by atoms with Gasteiger partial charge < -0.3 is 19.5 Å². The van der Waals surface area contributed by atoms with Crippen molar-refractivity contribution < 1.29 is 23.8 Å². The van der Waals surface area contributed by atoms with Crippen molar-refractivity contribution in [3.63, 3.8) is 0 Å². The van der Waals surface area contributed by atoms with Gasteiger partial charge >= 0.3 is 5.97 Å². The summed E-state index contributed by atoms with van der Waals surface area (Å²) in [6.45, 7) is 4.29. The van der Waals surface area contributed by atoms with E-state index in [0.717, 1.165) is 12.0 Å². The molecule has 0 aliphatic carbocycles. The van der Waals surface area contributed by atoms with Gasteiger partial charge in [0.05, 0.1) is 14.2 Å². The van der Waals surface area contributed by atoms with Crippen molar-refractivity contribution >= 4 is 11.9 Å². The maximum absolute atomic E-state index is 11.7. The number of amides is 1. The van der Waals surface area contributed by atoms with E-state index in [-0.39, 0.29) is 18.5 Å². The standard InChI is InChI=1S/C18H27NO5/c1-13(2)5-8-18(21)24-12-17(20)19-10-9-14-6-7-15(22-3)16(11-14)23-4/h6-7,11,13H,5,8-10,12H2,1-4H3,(H,19,20). The second-order valence-corrected chi connectivity index (χ2v) is 5.88. The van der Waals surface area contributed by atoms with Crippen molar-refractivity contribution in [3.05, 3.63) is 23.8 Å². The van der Waals surface area contributed by atoms with E-state index >= 15 is 0 Å². The first-order valence-corrected chi connectivity index (χ1v) is 8.09. The van der Waals surface area contributed by atoms with Gasteiger partial charge in [-0.1, -0.05) is 19.9 Å². The number of hydrogen-bond acceptors (Lipinski definition) is 5. The Hall–Kier alpha value is -2.24. The molecule has 0 aromatic heterocycles. The second-order valence-electron chi connectivity index (χ2n) is 5.88. The Balaban J connectivity index is 2.29. The van der Waals surface area contributed by atoms with Crippen LogP contribution in [0.3, 0.4) is 0 Å². The average Bonchev–Trinajstić information content (AvgIpc) is 2.57. The van der Waals surface area contributed by atoms with Crippen LogP contribution in [0.25, 0.3) is 0 Å². The van der Waals surface area contributed by atoms with Crippen molar-refractivity contribution in [2.45, 2.75) is 33.1 Å². The molecule has 0 saturated carbocycles. The average molecular weight is 337 g/mol. The van der Waals surface area contributed by atoms with Crippen molar-refractivity contribution in [1.82, 2.24) is 5.32 Å². The summed E-state index contributed by atoms with van der Waals surface area (Å²) in [6.07, 6.45) is 1.75. The summed E-state index contributed by atoms with van der Waals surface area (Å²) < 4.78 is 15.4. The van der Waals surface area contributed by atoms with Crippen LogP contribution < -0.4 is 14.8 Å². The fourth-order valence-corrected chi connectivity index (χ4v) is 2.06. The Morgan fingerprint density at radius 1 is 1.12 bits per heavy atom. The monoisotopic (exact) mass is 337 g/mol. The maximum atomic E-state index is 11.7. The summed E-state index contributed by atoms with van der Waals surface area (Å²) in [5, 5.41) is 2.73. The molecule has 1 aromatic rings. The van der Waals surface area contributed by atoms with E-state index < -0.39 is 0 Å². The fraction of sp³-hybridized carbons (Fsp3) is 0.556. The molecular formula is C18H27NO5. The summed E-state index contributed by atoms with van der Waals surface area (Å²) in [5.74, 6) is 1.12. The minimum atomic E-state index is -0.334. The highest BCUT2D eigenvalue weighted by Gasteiger charge is 2.09. The molecule has 0 unspecified atom stereocenters. The Morgan fingerprint density at radius 3 is 2.46 bits per heavy atom. The van der Waals surface area contributed by atoms with Crippen LogP contribution in [-0.2, 0) is 20.7 Å². The molecule has 134 valence electrons. The van der Waals surface area contributed by atoms with Crippen molar-refractivity contribution in [2.24, 2.45) is 5.92 Å². The van der Waals surface area contributed by atoms with Crippen LogP contribution >= 0.6 is 0 Å². The van der Waals surface area contributed by atoms with E-state index in [9.17, 15) is 9.59 Å². The van der Waals surface area contributed by atoms with E-state index in [0.29, 0.717) is 36.8 Å². The number of carbonyl (C=O) groups excluding carboxylic acids is 2. The van der Waals surface area contributed by atoms with Crippen molar-refractivity contribution in [3.8, 4) is 11.5 Å². The smallest absolute Gasteiger partial charge is 0.306 e. The Labute approximate surface area is 143 Å². The van der Waals surface area contributed by atoms with Crippen LogP contribution in [0.1, 0.15) is 32.3 Å². The molecule has 1 aromatic carbocycles. The maximum Gasteiger partial charge on any atom is 0.306 e. The largest absolute Gasteiger partial charge is 0.493 e. The Morgan fingerprint density at radius 2 is 1.83 bits per heavy atom. The molecule has 6 nitrogen and oxygen atoms in total. The lowest BCUT2D eigenvalue weighted by Crippen LogP contribution is -2.30. The van der Waals surface area contributed by atoms with E-state index in [4.69, 9.17) is 14.2 Å². The molecule has 1 N–H and O–H groups in total. The van der Waals surface area contributed by atoms with Crippen LogP contribution in [0.4, 0.5) is 0 Å². The topological polar surface area (TPSA) is 73.9 Å². The molecule has 0 heterocycles. The van der Waals surface area contributed by atoms with Crippen LogP contribution in [0.15, 0.2) is 18.2 Å². The predicted molar refractivity (Wildman–Crippen MR) is 91.3 cm³/mol. The van der Waals surface area contributed by atoms with Gasteiger partial charge in [-0.05, 0) is 36.5 Å². The number of methoxy groups -OCH3 is 2. The van der Waals surface area contributed by atoms with Gasteiger partial charge in [-0.15, -0.1) is 0 Å². The van der Waals surface area contributed by atoms with E-state index in [1.165, 1.54) is 0 Å². The molecular weight excluding hydrogens is 310 g/mol. The van der Waals surface area contributed by atoms with Gasteiger partial charge in [0.2, 0.25) is 0 Å². The molecule has 0 saturated heterocycles. The Bertz CT molecular complexity index is 542. The van der Waals surface area contributed by atoms with Crippen LogP contribution in [0.5, 0.6) is 11.5 Å². The first-order chi connectivity index (χ1) is 11.5. The molecule has 0 fully saturated rings. The molecule has 0 aliphatic heterocycles. The third-order valence-corrected chi connectivity index (χ3v) is 3.47. The molecule has 0 spiro atoms. The van der Waals surface area contributed by atoms with Gasteiger partial charge in [-0.25, -0.2) is 0 Å². The molecule has 1 amide bonds. The number of esters is 1. The minimum Gasteiger partial charge on any atom is -0.493 e. The number of benzene rings is 1. The van der Waals surface area contributed by atoms with E-state index in [1.807, 2.05) is 32.0 Å². The van der Waals surface area contributed by atoms with Gasteiger partial charge in [0.15, 0.2) is 18.1 Å². The second kappa shape index (κ2) is 10.5. The van der Waals surface area contributed by atoms with Crippen LogP contribution in [0, 0.1) is 5.92 Å². The first-order valence-electron chi connectivity index (χ1n) is 8.09. The molecule has 24 heavy (non-hydrogen) atoms. The zero-order valence-electron chi connectivity index (χ0n) is 14.9. The van der Waals surface area contributed by atoms with Gasteiger partial charge in [0.25, 0.3) is 5.91 Å². The highest BCUT2D eigenvalue weighted by molar-refractivity contribution is 5.80. The van der Waals surface area contributed by atoms with Crippen LogP contribution in [0.2, 0.25) is 0 Å². The van der Waals surface area contributed by atoms with Gasteiger partial charge in [0.1, 0.15) is 0 Å². The molecule has 0 atom stereocenters. The normalized spacial score (nSPS) is 10.4. The zero-order valence-corrected chi connectivity index (χ0v) is 14.9. The van der Waals surface area contributed by atoms with E-state index in [1.54, 1.807) is 14.2 Å². The highest BCUT2D eigenvalue weighted by Crippen LogP contribution is 2.27. The van der Waals surface area contributed by atoms with Crippen molar-refractivity contribution in [1.29, 1.82) is 0 Å². The summed E-state index contributed by atoms with van der Waals surface area (Å²) in [7, 11) is 3.16. The van der Waals surface area contributed by atoms with Gasteiger partial charge in [0, 0.05) is 13.0 Å².